The van der Waals surface area contributed by atoms with Gasteiger partial charge in [-0.3, -0.25) is 4.79 Å². The van der Waals surface area contributed by atoms with E-state index >= 15 is 0 Å². The lowest BCUT2D eigenvalue weighted by Crippen LogP contribution is -2.30. The highest BCUT2D eigenvalue weighted by Gasteiger charge is 2.16. The molecule has 0 radical (unpaired) electrons. The Morgan fingerprint density at radius 2 is 1.81 bits per heavy atom. The van der Waals surface area contributed by atoms with Gasteiger partial charge in [-0.15, -0.1) is 0 Å². The molecule has 1 aromatic carbocycles. The third kappa shape index (κ3) is 5.84. The van der Waals surface area contributed by atoms with Gasteiger partial charge in [-0.1, -0.05) is 23.2 Å². The largest absolute Gasteiger partial charge is 0.451 e. The Kier molecular flexibility index (Phi) is 7.45. The minimum absolute atomic E-state index is 0.103. The molecule has 2 rings (SSSR count). The smallest absolute Gasteiger partial charge is 0.359 e. The van der Waals surface area contributed by atoms with E-state index in [2.05, 4.69) is 36.0 Å². The van der Waals surface area contributed by atoms with Crippen LogP contribution in [0.3, 0.4) is 0 Å². The summed E-state index contributed by atoms with van der Waals surface area (Å²) in [5.74, 6) is -1.28. The predicted octanol–water partition coefficient (Wildman–Crippen LogP) is 4.42. The fourth-order valence-corrected chi connectivity index (χ4v) is 2.87. The van der Waals surface area contributed by atoms with E-state index in [9.17, 15) is 9.59 Å². The van der Waals surface area contributed by atoms with Crippen molar-refractivity contribution in [1.82, 2.24) is 4.98 Å². The van der Waals surface area contributed by atoms with Crippen LogP contribution in [0.1, 0.15) is 31.3 Å². The number of carbonyl (C=O) groups excluding carboxylic acids is 2. The molecule has 0 spiro atoms. The number of aromatic nitrogens is 1. The van der Waals surface area contributed by atoms with E-state index in [1.165, 1.54) is 12.1 Å². The summed E-state index contributed by atoms with van der Waals surface area (Å²) in [5, 5.41) is 2.89. The topological polar surface area (TPSA) is 71.5 Å². The highest BCUT2D eigenvalue weighted by molar-refractivity contribution is 6.34. The lowest BCUT2D eigenvalue weighted by Gasteiger charge is -2.27. The summed E-state index contributed by atoms with van der Waals surface area (Å²) < 4.78 is 4.94. The zero-order valence-corrected chi connectivity index (χ0v) is 16.8. The van der Waals surface area contributed by atoms with Crippen molar-refractivity contribution in [3.8, 4) is 0 Å². The van der Waals surface area contributed by atoms with Gasteiger partial charge < -0.3 is 15.0 Å². The van der Waals surface area contributed by atoms with Crippen LogP contribution >= 0.6 is 23.2 Å². The third-order valence-corrected chi connectivity index (χ3v) is 4.30. The molecule has 1 aromatic heterocycles. The van der Waals surface area contributed by atoms with Crippen LogP contribution in [-0.2, 0) is 9.53 Å². The van der Waals surface area contributed by atoms with Crippen molar-refractivity contribution in [2.45, 2.75) is 26.8 Å². The van der Waals surface area contributed by atoms with Crippen LogP contribution in [0.25, 0.3) is 0 Å². The van der Waals surface area contributed by atoms with Gasteiger partial charge in [0, 0.05) is 24.0 Å². The Bertz CT molecular complexity index is 810. The Morgan fingerprint density at radius 1 is 1.15 bits per heavy atom. The molecular weight excluding hydrogens is 389 g/mol. The molecule has 0 aliphatic carbocycles. The van der Waals surface area contributed by atoms with Gasteiger partial charge >= 0.3 is 5.97 Å². The number of carbonyl (C=O) groups is 2. The number of anilines is 2. The second-order valence-corrected chi connectivity index (χ2v) is 6.81. The summed E-state index contributed by atoms with van der Waals surface area (Å²) in [6, 6.07) is 10.7. The quantitative estimate of drug-likeness (QED) is 0.541. The molecule has 0 aliphatic heterocycles. The molecule has 1 N–H and O–H groups in total. The zero-order valence-electron chi connectivity index (χ0n) is 15.3. The monoisotopic (exact) mass is 409 g/mol. The van der Waals surface area contributed by atoms with Crippen LogP contribution in [0.15, 0.2) is 36.4 Å². The summed E-state index contributed by atoms with van der Waals surface area (Å²) >= 11 is 11.6. The van der Waals surface area contributed by atoms with Crippen molar-refractivity contribution in [1.29, 1.82) is 0 Å². The number of rotatable bonds is 7. The summed E-state index contributed by atoms with van der Waals surface area (Å²) in [4.78, 5) is 30.0. The highest BCUT2D eigenvalue weighted by Crippen LogP contribution is 2.20. The van der Waals surface area contributed by atoms with Gasteiger partial charge in [-0.2, -0.15) is 0 Å². The molecule has 0 fully saturated rings. The average Bonchev–Trinajstić information content (AvgIpc) is 2.63. The minimum atomic E-state index is -0.816. The molecule has 1 heterocycles. The maximum Gasteiger partial charge on any atom is 0.359 e. The van der Waals surface area contributed by atoms with Crippen molar-refractivity contribution < 1.29 is 14.3 Å². The molecule has 0 unspecified atom stereocenters. The molecule has 8 heteroatoms. The van der Waals surface area contributed by atoms with E-state index in [0.29, 0.717) is 11.7 Å². The molecular formula is C19H21Cl2N3O3. The first kappa shape index (κ1) is 21.0. The molecule has 0 saturated carbocycles. The molecule has 2 aromatic rings. The second-order valence-electron chi connectivity index (χ2n) is 6.02. The maximum absolute atomic E-state index is 12.0. The van der Waals surface area contributed by atoms with E-state index in [1.54, 1.807) is 12.1 Å². The molecule has 0 atom stereocenters. The number of amides is 1. The molecule has 6 nitrogen and oxygen atoms in total. The number of nitrogens with zero attached hydrogens (tertiary/aromatic N) is 2. The van der Waals surface area contributed by atoms with Crippen molar-refractivity contribution in [3.63, 3.8) is 0 Å². The Balaban J connectivity index is 1.92. The van der Waals surface area contributed by atoms with Gasteiger partial charge in [0.1, 0.15) is 5.15 Å². The second kappa shape index (κ2) is 9.58. The zero-order chi connectivity index (χ0) is 20.0. The number of hydrogen-bond acceptors (Lipinski definition) is 5. The maximum atomic E-state index is 12.0. The Labute approximate surface area is 168 Å². The summed E-state index contributed by atoms with van der Waals surface area (Å²) in [6.45, 7) is 6.76. The van der Waals surface area contributed by atoms with Crippen molar-refractivity contribution >= 4 is 46.5 Å². The number of benzene rings is 1. The molecule has 27 heavy (non-hydrogen) atoms. The van der Waals surface area contributed by atoms with Gasteiger partial charge in [0.15, 0.2) is 12.3 Å². The minimum Gasteiger partial charge on any atom is -0.451 e. The number of ether oxygens (including phenoxy) is 1. The number of esters is 1. The predicted molar refractivity (Wildman–Crippen MR) is 108 cm³/mol. The number of nitrogens with one attached hydrogen (secondary N) is 1. The molecule has 0 bridgehead atoms. The first-order valence-electron chi connectivity index (χ1n) is 8.47. The lowest BCUT2D eigenvalue weighted by atomic mass is 10.2. The average molecular weight is 410 g/mol. The number of halogens is 2. The van der Waals surface area contributed by atoms with Crippen LogP contribution in [0.5, 0.6) is 0 Å². The van der Waals surface area contributed by atoms with Gasteiger partial charge in [0.25, 0.3) is 5.91 Å². The van der Waals surface area contributed by atoms with E-state index in [-0.39, 0.29) is 15.9 Å². The SMILES string of the molecule is CCN(c1ccc(NC(=O)COC(=O)c2nc(Cl)ccc2Cl)cc1)C(C)C. The van der Waals surface area contributed by atoms with Crippen molar-refractivity contribution in [2.24, 2.45) is 0 Å². The molecule has 0 saturated heterocycles. The van der Waals surface area contributed by atoms with E-state index < -0.39 is 18.5 Å². The first-order chi connectivity index (χ1) is 12.8. The van der Waals surface area contributed by atoms with Crippen LogP contribution < -0.4 is 10.2 Å². The van der Waals surface area contributed by atoms with Crippen LogP contribution in [0.4, 0.5) is 11.4 Å². The van der Waals surface area contributed by atoms with E-state index in [4.69, 9.17) is 27.9 Å². The molecule has 1 amide bonds. The van der Waals surface area contributed by atoms with Crippen LogP contribution in [-0.4, -0.2) is 36.1 Å². The first-order valence-corrected chi connectivity index (χ1v) is 9.23. The third-order valence-electron chi connectivity index (χ3n) is 3.79. The Hall–Kier alpha value is -2.31. The molecule has 0 aliphatic rings. The summed E-state index contributed by atoms with van der Waals surface area (Å²) in [5.41, 5.74) is 1.55. The fraction of sp³-hybridized carbons (Fsp3) is 0.316. The van der Waals surface area contributed by atoms with Gasteiger partial charge in [0.2, 0.25) is 0 Å². The van der Waals surface area contributed by atoms with E-state index in [0.717, 1.165) is 12.2 Å². The van der Waals surface area contributed by atoms with Crippen LogP contribution in [0.2, 0.25) is 10.2 Å². The fourth-order valence-electron chi connectivity index (χ4n) is 2.54. The molecule has 144 valence electrons. The van der Waals surface area contributed by atoms with Crippen molar-refractivity contribution in [2.75, 3.05) is 23.4 Å². The summed E-state index contributed by atoms with van der Waals surface area (Å²) in [7, 11) is 0. The normalized spacial score (nSPS) is 10.6. The number of hydrogen-bond donors (Lipinski definition) is 1. The van der Waals surface area contributed by atoms with E-state index in [1.807, 2.05) is 12.1 Å². The number of pyridine rings is 1. The standard InChI is InChI=1S/C19H21Cl2N3O3/c1-4-24(12(2)3)14-7-5-13(6-8-14)22-17(25)11-27-19(26)18-15(20)9-10-16(21)23-18/h5-10,12H,4,11H2,1-3H3,(H,22,25). The summed E-state index contributed by atoms with van der Waals surface area (Å²) in [6.07, 6.45) is 0. The van der Waals surface area contributed by atoms with Crippen molar-refractivity contribution in [3.05, 3.63) is 52.3 Å². The van der Waals surface area contributed by atoms with Gasteiger partial charge in [-0.05, 0) is 57.2 Å². The van der Waals surface area contributed by atoms with Gasteiger partial charge in [-0.25, -0.2) is 9.78 Å². The Morgan fingerprint density at radius 3 is 2.41 bits per heavy atom. The highest BCUT2D eigenvalue weighted by atomic mass is 35.5. The lowest BCUT2D eigenvalue weighted by molar-refractivity contribution is -0.119. The van der Waals surface area contributed by atoms with Crippen LogP contribution in [0, 0.1) is 0 Å². The van der Waals surface area contributed by atoms with Gasteiger partial charge in [0.05, 0.1) is 5.02 Å².